The molecule has 0 bridgehead atoms. The Labute approximate surface area is 250 Å². The predicted molar refractivity (Wildman–Crippen MR) is 167 cm³/mol. The predicted octanol–water partition coefficient (Wildman–Crippen LogP) is 8.22. The van der Waals surface area contributed by atoms with E-state index in [1.165, 1.54) is 12.2 Å². The first-order valence-corrected chi connectivity index (χ1v) is 14.8. The summed E-state index contributed by atoms with van der Waals surface area (Å²) in [4.78, 5) is 22.8. The monoisotopic (exact) mass is 570 g/mol. The van der Waals surface area contributed by atoms with Crippen LogP contribution in [0, 0.1) is 0 Å². The smallest absolute Gasteiger partial charge is 0.330 e. The molecule has 3 aromatic carbocycles. The number of hydrogen-bond donors (Lipinski definition) is 0. The van der Waals surface area contributed by atoms with Crippen LogP contribution in [0.4, 0.5) is 0 Å². The first-order chi connectivity index (χ1) is 20.6. The highest BCUT2D eigenvalue weighted by molar-refractivity contribution is 5.87. The SMILES string of the molecule is C=CC(=O)OCCCCCCOc1ccc(-c2ccc(OCCCCCCOC(=O)/C=C/c3ccccc3)cc2)cc1. The van der Waals surface area contributed by atoms with Crippen molar-refractivity contribution in [3.8, 4) is 22.6 Å². The molecule has 0 aliphatic heterocycles. The largest absolute Gasteiger partial charge is 0.494 e. The minimum absolute atomic E-state index is 0.305. The molecule has 0 N–H and O–H groups in total. The third kappa shape index (κ3) is 13.4. The van der Waals surface area contributed by atoms with Crippen molar-refractivity contribution < 1.29 is 28.5 Å². The lowest BCUT2D eigenvalue weighted by molar-refractivity contribution is -0.138. The minimum Gasteiger partial charge on any atom is -0.494 e. The number of benzene rings is 3. The van der Waals surface area contributed by atoms with E-state index in [-0.39, 0.29) is 11.9 Å². The summed E-state index contributed by atoms with van der Waals surface area (Å²) in [6.45, 7) is 5.58. The van der Waals surface area contributed by atoms with Crippen LogP contribution in [0.15, 0.2) is 97.6 Å². The fourth-order valence-electron chi connectivity index (χ4n) is 4.16. The van der Waals surface area contributed by atoms with E-state index in [1.54, 1.807) is 6.08 Å². The van der Waals surface area contributed by atoms with E-state index in [2.05, 4.69) is 30.8 Å². The fourth-order valence-corrected chi connectivity index (χ4v) is 4.16. The van der Waals surface area contributed by atoms with Gasteiger partial charge in [0.25, 0.3) is 0 Å². The highest BCUT2D eigenvalue weighted by Crippen LogP contribution is 2.25. The molecule has 0 aromatic heterocycles. The Hall–Kier alpha value is -4.32. The van der Waals surface area contributed by atoms with Crippen LogP contribution >= 0.6 is 0 Å². The van der Waals surface area contributed by atoms with Crippen molar-refractivity contribution in [1.29, 1.82) is 0 Å². The second-order valence-electron chi connectivity index (χ2n) is 9.86. The van der Waals surface area contributed by atoms with Gasteiger partial charge in [-0.1, -0.05) is 61.2 Å². The van der Waals surface area contributed by atoms with Crippen molar-refractivity contribution in [3.05, 3.63) is 103 Å². The van der Waals surface area contributed by atoms with Crippen LogP contribution in [-0.2, 0) is 19.1 Å². The van der Waals surface area contributed by atoms with Gasteiger partial charge in [0.15, 0.2) is 0 Å². The maximum Gasteiger partial charge on any atom is 0.330 e. The van der Waals surface area contributed by atoms with Crippen molar-refractivity contribution in [3.63, 3.8) is 0 Å². The molecule has 0 heterocycles. The van der Waals surface area contributed by atoms with E-state index in [0.717, 1.165) is 79.6 Å². The molecule has 0 saturated heterocycles. The molecule has 0 aliphatic rings. The summed E-state index contributed by atoms with van der Waals surface area (Å²) in [6, 6.07) is 26.0. The number of esters is 2. The molecule has 0 saturated carbocycles. The summed E-state index contributed by atoms with van der Waals surface area (Å²) >= 11 is 0. The van der Waals surface area contributed by atoms with Gasteiger partial charge in [-0.05, 0) is 98.4 Å². The number of carbonyl (C=O) groups is 2. The average molecular weight is 571 g/mol. The topological polar surface area (TPSA) is 71.1 Å². The van der Waals surface area contributed by atoms with E-state index >= 15 is 0 Å². The van der Waals surface area contributed by atoms with Crippen LogP contribution < -0.4 is 9.47 Å². The average Bonchev–Trinajstić information content (AvgIpc) is 3.03. The van der Waals surface area contributed by atoms with Crippen molar-refractivity contribution in [2.75, 3.05) is 26.4 Å². The molecule has 3 rings (SSSR count). The molecular weight excluding hydrogens is 528 g/mol. The van der Waals surface area contributed by atoms with Crippen molar-refractivity contribution in [2.24, 2.45) is 0 Å². The summed E-state index contributed by atoms with van der Waals surface area (Å²) in [7, 11) is 0. The second-order valence-corrected chi connectivity index (χ2v) is 9.86. The Morgan fingerprint density at radius 2 is 1.00 bits per heavy atom. The first kappa shape index (κ1) is 32.2. The molecule has 0 spiro atoms. The van der Waals surface area contributed by atoms with Gasteiger partial charge in [0.05, 0.1) is 26.4 Å². The lowest BCUT2D eigenvalue weighted by Gasteiger charge is -2.09. The molecule has 0 atom stereocenters. The molecule has 0 fully saturated rings. The number of ether oxygens (including phenoxy) is 4. The Morgan fingerprint density at radius 1 is 0.548 bits per heavy atom. The Morgan fingerprint density at radius 3 is 1.48 bits per heavy atom. The Bertz CT molecular complexity index is 1220. The van der Waals surface area contributed by atoms with Gasteiger partial charge >= 0.3 is 11.9 Å². The molecule has 0 unspecified atom stereocenters. The molecule has 0 radical (unpaired) electrons. The van der Waals surface area contributed by atoms with E-state index in [4.69, 9.17) is 18.9 Å². The third-order valence-corrected chi connectivity index (χ3v) is 6.52. The van der Waals surface area contributed by atoms with Gasteiger partial charge in [-0.15, -0.1) is 0 Å². The van der Waals surface area contributed by atoms with Crippen LogP contribution in [0.5, 0.6) is 11.5 Å². The minimum atomic E-state index is -0.365. The number of unbranched alkanes of at least 4 members (excludes halogenated alkanes) is 6. The summed E-state index contributed by atoms with van der Waals surface area (Å²) in [6.07, 6.45) is 12.1. The van der Waals surface area contributed by atoms with Gasteiger partial charge in [0.1, 0.15) is 11.5 Å². The molecule has 6 heteroatoms. The molecular formula is C36H42O6. The van der Waals surface area contributed by atoms with Crippen LogP contribution in [-0.4, -0.2) is 38.4 Å². The summed E-state index contributed by atoms with van der Waals surface area (Å²) < 4.78 is 22.0. The summed E-state index contributed by atoms with van der Waals surface area (Å²) in [5.74, 6) is 1.05. The van der Waals surface area contributed by atoms with E-state index in [0.29, 0.717) is 26.4 Å². The molecule has 222 valence electrons. The highest BCUT2D eigenvalue weighted by Gasteiger charge is 2.02. The van der Waals surface area contributed by atoms with Gasteiger partial charge in [-0.3, -0.25) is 0 Å². The first-order valence-electron chi connectivity index (χ1n) is 14.8. The van der Waals surface area contributed by atoms with Crippen molar-refractivity contribution >= 4 is 18.0 Å². The van der Waals surface area contributed by atoms with Crippen LogP contribution in [0.25, 0.3) is 17.2 Å². The molecule has 6 nitrogen and oxygen atoms in total. The number of carbonyl (C=O) groups excluding carboxylic acids is 2. The molecule has 42 heavy (non-hydrogen) atoms. The normalized spacial score (nSPS) is 10.8. The van der Waals surface area contributed by atoms with Gasteiger partial charge in [0.2, 0.25) is 0 Å². The zero-order valence-corrected chi connectivity index (χ0v) is 24.4. The van der Waals surface area contributed by atoms with Crippen LogP contribution in [0.1, 0.15) is 56.9 Å². The maximum absolute atomic E-state index is 11.8. The Balaban J connectivity index is 1.21. The Kier molecular flexibility index (Phi) is 15.1. The summed E-state index contributed by atoms with van der Waals surface area (Å²) in [5, 5.41) is 0. The van der Waals surface area contributed by atoms with Gasteiger partial charge in [-0.25, -0.2) is 9.59 Å². The standard InChI is InChI=1S/C36H42O6/c1-2-35(37)41-28-12-5-3-10-26-39-33-21-17-31(18-22-33)32-19-23-34(24-20-32)40-27-11-4-6-13-29-42-36(38)25-16-30-14-8-7-9-15-30/h2,7-9,14-25H,1,3-6,10-13,26-29H2/b25-16+. The lowest BCUT2D eigenvalue weighted by Crippen LogP contribution is -2.02. The fraction of sp³-hybridized carbons (Fsp3) is 0.333. The van der Waals surface area contributed by atoms with E-state index in [1.807, 2.05) is 54.6 Å². The van der Waals surface area contributed by atoms with E-state index in [9.17, 15) is 9.59 Å². The van der Waals surface area contributed by atoms with Gasteiger partial charge in [-0.2, -0.15) is 0 Å². The maximum atomic E-state index is 11.8. The van der Waals surface area contributed by atoms with Crippen molar-refractivity contribution in [1.82, 2.24) is 0 Å². The second kappa shape index (κ2) is 19.7. The van der Waals surface area contributed by atoms with Crippen molar-refractivity contribution in [2.45, 2.75) is 51.4 Å². The third-order valence-electron chi connectivity index (χ3n) is 6.52. The molecule has 0 amide bonds. The van der Waals surface area contributed by atoms with Crippen LogP contribution in [0.2, 0.25) is 0 Å². The lowest BCUT2D eigenvalue weighted by atomic mass is 10.1. The highest BCUT2D eigenvalue weighted by atomic mass is 16.5. The zero-order valence-electron chi connectivity index (χ0n) is 24.4. The van der Waals surface area contributed by atoms with Crippen LogP contribution in [0.3, 0.4) is 0 Å². The zero-order chi connectivity index (χ0) is 29.7. The number of rotatable bonds is 20. The van der Waals surface area contributed by atoms with Gasteiger partial charge in [0, 0.05) is 12.2 Å². The van der Waals surface area contributed by atoms with Gasteiger partial charge < -0.3 is 18.9 Å². The number of hydrogen-bond acceptors (Lipinski definition) is 6. The summed E-state index contributed by atoms with van der Waals surface area (Å²) in [5.41, 5.74) is 3.23. The molecule has 3 aromatic rings. The van der Waals surface area contributed by atoms with E-state index < -0.39 is 0 Å². The molecule has 0 aliphatic carbocycles. The quantitative estimate of drug-likeness (QED) is 0.0774.